The molecule has 1 amide bonds. The Morgan fingerprint density at radius 1 is 1.33 bits per heavy atom. The SMILES string of the molecule is CCC=CCC(=O)NCCCC. The molecule has 0 bridgehead atoms. The van der Waals surface area contributed by atoms with Crippen molar-refractivity contribution in [2.75, 3.05) is 6.54 Å². The predicted octanol–water partition coefficient (Wildman–Crippen LogP) is 2.26. The summed E-state index contributed by atoms with van der Waals surface area (Å²) in [5.74, 6) is 0.133. The quantitative estimate of drug-likeness (QED) is 0.479. The van der Waals surface area contributed by atoms with Crippen LogP contribution < -0.4 is 5.32 Å². The minimum absolute atomic E-state index is 0.133. The van der Waals surface area contributed by atoms with Crippen molar-refractivity contribution in [1.82, 2.24) is 5.32 Å². The summed E-state index contributed by atoms with van der Waals surface area (Å²) in [7, 11) is 0. The molecule has 0 aliphatic carbocycles. The van der Waals surface area contributed by atoms with Gasteiger partial charge in [-0.05, 0) is 12.8 Å². The number of hydrogen-bond acceptors (Lipinski definition) is 1. The maximum Gasteiger partial charge on any atom is 0.223 e. The van der Waals surface area contributed by atoms with Gasteiger partial charge in [0.25, 0.3) is 0 Å². The van der Waals surface area contributed by atoms with Gasteiger partial charge in [0.2, 0.25) is 5.91 Å². The Morgan fingerprint density at radius 2 is 2.08 bits per heavy atom. The molecule has 0 aromatic rings. The third-order valence-electron chi connectivity index (χ3n) is 1.56. The van der Waals surface area contributed by atoms with E-state index in [-0.39, 0.29) is 5.91 Å². The summed E-state index contributed by atoms with van der Waals surface area (Å²) in [6.07, 6.45) is 7.66. The van der Waals surface area contributed by atoms with Crippen molar-refractivity contribution in [3.05, 3.63) is 12.2 Å². The lowest BCUT2D eigenvalue weighted by atomic mass is 10.3. The van der Waals surface area contributed by atoms with Gasteiger partial charge in [-0.3, -0.25) is 4.79 Å². The van der Waals surface area contributed by atoms with Gasteiger partial charge >= 0.3 is 0 Å². The average molecular weight is 169 g/mol. The van der Waals surface area contributed by atoms with Crippen LogP contribution in [0.1, 0.15) is 39.5 Å². The highest BCUT2D eigenvalue weighted by Crippen LogP contribution is 1.88. The molecule has 0 rings (SSSR count). The van der Waals surface area contributed by atoms with E-state index in [1.165, 1.54) is 0 Å². The molecule has 0 saturated carbocycles. The first-order valence-electron chi connectivity index (χ1n) is 4.73. The van der Waals surface area contributed by atoms with Gasteiger partial charge < -0.3 is 5.32 Å². The minimum Gasteiger partial charge on any atom is -0.356 e. The van der Waals surface area contributed by atoms with Crippen molar-refractivity contribution in [2.45, 2.75) is 39.5 Å². The smallest absolute Gasteiger partial charge is 0.223 e. The second-order valence-electron chi connectivity index (χ2n) is 2.79. The Morgan fingerprint density at radius 3 is 2.67 bits per heavy atom. The number of carbonyl (C=O) groups excluding carboxylic acids is 1. The van der Waals surface area contributed by atoms with Crippen molar-refractivity contribution >= 4 is 5.91 Å². The Bertz CT molecular complexity index is 141. The van der Waals surface area contributed by atoms with E-state index in [1.54, 1.807) is 0 Å². The molecule has 0 aromatic heterocycles. The normalized spacial score (nSPS) is 10.5. The Balaban J connectivity index is 3.27. The van der Waals surface area contributed by atoms with Crippen molar-refractivity contribution in [3.63, 3.8) is 0 Å². The molecule has 0 radical (unpaired) electrons. The average Bonchev–Trinajstić information content (AvgIpc) is 2.06. The zero-order chi connectivity index (χ0) is 9.23. The minimum atomic E-state index is 0.133. The fraction of sp³-hybridized carbons (Fsp3) is 0.700. The van der Waals surface area contributed by atoms with Gasteiger partial charge in [-0.15, -0.1) is 0 Å². The van der Waals surface area contributed by atoms with Crippen LogP contribution >= 0.6 is 0 Å². The Labute approximate surface area is 75.0 Å². The topological polar surface area (TPSA) is 29.1 Å². The van der Waals surface area contributed by atoms with Gasteiger partial charge in [0.05, 0.1) is 0 Å². The summed E-state index contributed by atoms with van der Waals surface area (Å²) >= 11 is 0. The van der Waals surface area contributed by atoms with E-state index in [0.29, 0.717) is 6.42 Å². The van der Waals surface area contributed by atoms with E-state index < -0.39 is 0 Å². The predicted molar refractivity (Wildman–Crippen MR) is 52.0 cm³/mol. The van der Waals surface area contributed by atoms with E-state index in [1.807, 2.05) is 12.2 Å². The second kappa shape index (κ2) is 8.31. The van der Waals surface area contributed by atoms with Crippen LogP contribution in [0.5, 0.6) is 0 Å². The van der Waals surface area contributed by atoms with Crippen LogP contribution in [0.4, 0.5) is 0 Å². The molecule has 0 aliphatic rings. The summed E-state index contributed by atoms with van der Waals surface area (Å²) in [5.41, 5.74) is 0. The number of hydrogen-bond donors (Lipinski definition) is 1. The zero-order valence-corrected chi connectivity index (χ0v) is 8.10. The summed E-state index contributed by atoms with van der Waals surface area (Å²) in [6.45, 7) is 4.99. The van der Waals surface area contributed by atoms with E-state index in [0.717, 1.165) is 25.8 Å². The maximum atomic E-state index is 11.0. The fourth-order valence-electron chi connectivity index (χ4n) is 0.834. The Kier molecular flexibility index (Phi) is 7.76. The largest absolute Gasteiger partial charge is 0.356 e. The van der Waals surface area contributed by atoms with Crippen LogP contribution in [0.15, 0.2) is 12.2 Å². The molecule has 2 nitrogen and oxygen atoms in total. The number of amides is 1. The summed E-state index contributed by atoms with van der Waals surface area (Å²) in [6, 6.07) is 0. The third-order valence-corrected chi connectivity index (χ3v) is 1.56. The number of rotatable bonds is 6. The first-order chi connectivity index (χ1) is 5.81. The Hall–Kier alpha value is -0.790. The molecule has 0 spiro atoms. The van der Waals surface area contributed by atoms with Crippen molar-refractivity contribution < 1.29 is 4.79 Å². The standard InChI is InChI=1S/C10H19NO/c1-3-5-7-8-10(12)11-9-6-4-2/h5,7H,3-4,6,8-9H2,1-2H3,(H,11,12). The molecule has 2 heteroatoms. The van der Waals surface area contributed by atoms with Gasteiger partial charge in [-0.2, -0.15) is 0 Å². The molecule has 0 saturated heterocycles. The molecular weight excluding hydrogens is 150 g/mol. The molecule has 0 unspecified atom stereocenters. The molecule has 12 heavy (non-hydrogen) atoms. The van der Waals surface area contributed by atoms with E-state index in [4.69, 9.17) is 0 Å². The third kappa shape index (κ3) is 7.32. The number of carbonyl (C=O) groups is 1. The summed E-state index contributed by atoms with van der Waals surface area (Å²) in [5, 5.41) is 2.85. The number of nitrogens with one attached hydrogen (secondary N) is 1. The molecular formula is C10H19NO. The van der Waals surface area contributed by atoms with E-state index in [9.17, 15) is 4.79 Å². The van der Waals surface area contributed by atoms with Crippen molar-refractivity contribution in [2.24, 2.45) is 0 Å². The van der Waals surface area contributed by atoms with Crippen LogP contribution in [-0.2, 0) is 4.79 Å². The molecule has 70 valence electrons. The fourth-order valence-corrected chi connectivity index (χ4v) is 0.834. The highest BCUT2D eigenvalue weighted by molar-refractivity contribution is 5.77. The van der Waals surface area contributed by atoms with Crippen LogP contribution in [0.2, 0.25) is 0 Å². The lowest BCUT2D eigenvalue weighted by molar-refractivity contribution is -0.120. The lowest BCUT2D eigenvalue weighted by Crippen LogP contribution is -2.23. The van der Waals surface area contributed by atoms with Crippen LogP contribution in [-0.4, -0.2) is 12.5 Å². The summed E-state index contributed by atoms with van der Waals surface area (Å²) in [4.78, 5) is 11.0. The van der Waals surface area contributed by atoms with Gasteiger partial charge in [0.15, 0.2) is 0 Å². The molecule has 1 N–H and O–H groups in total. The zero-order valence-electron chi connectivity index (χ0n) is 8.10. The lowest BCUT2D eigenvalue weighted by Gasteiger charge is -2.00. The maximum absolute atomic E-state index is 11.0. The van der Waals surface area contributed by atoms with E-state index >= 15 is 0 Å². The van der Waals surface area contributed by atoms with Crippen LogP contribution in [0.3, 0.4) is 0 Å². The molecule has 0 aliphatic heterocycles. The highest BCUT2D eigenvalue weighted by Gasteiger charge is 1.94. The number of unbranched alkanes of at least 4 members (excludes halogenated alkanes) is 1. The highest BCUT2D eigenvalue weighted by atomic mass is 16.1. The van der Waals surface area contributed by atoms with Gasteiger partial charge in [0.1, 0.15) is 0 Å². The van der Waals surface area contributed by atoms with Crippen LogP contribution in [0, 0.1) is 0 Å². The monoisotopic (exact) mass is 169 g/mol. The molecule has 0 heterocycles. The van der Waals surface area contributed by atoms with Crippen molar-refractivity contribution in [3.8, 4) is 0 Å². The second-order valence-corrected chi connectivity index (χ2v) is 2.79. The first-order valence-corrected chi connectivity index (χ1v) is 4.73. The molecule has 0 atom stereocenters. The van der Waals surface area contributed by atoms with E-state index in [2.05, 4.69) is 19.2 Å². The van der Waals surface area contributed by atoms with Gasteiger partial charge in [-0.25, -0.2) is 0 Å². The van der Waals surface area contributed by atoms with Crippen LogP contribution in [0.25, 0.3) is 0 Å². The molecule has 0 aromatic carbocycles. The molecule has 0 fully saturated rings. The summed E-state index contributed by atoms with van der Waals surface area (Å²) < 4.78 is 0. The van der Waals surface area contributed by atoms with Crippen molar-refractivity contribution in [1.29, 1.82) is 0 Å². The van der Waals surface area contributed by atoms with Gasteiger partial charge in [-0.1, -0.05) is 32.4 Å². The van der Waals surface area contributed by atoms with Gasteiger partial charge in [0, 0.05) is 13.0 Å². The first kappa shape index (κ1) is 11.2. The number of allylic oxidation sites excluding steroid dienone is 1.